The van der Waals surface area contributed by atoms with E-state index in [9.17, 15) is 29.1 Å². The average Bonchev–Trinajstić information content (AvgIpc) is 3.67. The third kappa shape index (κ3) is 10.8. The van der Waals surface area contributed by atoms with E-state index in [0.717, 1.165) is 33.2 Å². The molecule has 1 aromatic heterocycles. The van der Waals surface area contributed by atoms with Crippen molar-refractivity contribution in [1.82, 2.24) is 26.3 Å². The molecule has 59 heavy (non-hydrogen) atoms. The summed E-state index contributed by atoms with van der Waals surface area (Å²) < 4.78 is 5.74. The summed E-state index contributed by atoms with van der Waals surface area (Å²) in [6.07, 6.45) is 0.607. The van der Waals surface area contributed by atoms with Crippen LogP contribution in [0.4, 0.5) is 0 Å². The van der Waals surface area contributed by atoms with Gasteiger partial charge in [-0.15, -0.1) is 0 Å². The molecule has 0 saturated carbocycles. The van der Waals surface area contributed by atoms with Crippen LogP contribution in [0.5, 0.6) is 5.75 Å². The fourth-order valence-corrected chi connectivity index (χ4v) is 7.17. The zero-order valence-corrected chi connectivity index (χ0v) is 32.2. The van der Waals surface area contributed by atoms with Gasteiger partial charge in [-0.3, -0.25) is 19.2 Å². The van der Waals surface area contributed by atoms with Crippen molar-refractivity contribution in [3.05, 3.63) is 162 Å². The molecule has 6 aromatic rings. The lowest BCUT2D eigenvalue weighted by atomic mass is 9.99. The van der Waals surface area contributed by atoms with Crippen LogP contribution in [0.2, 0.25) is 0 Å². The number of ether oxygens (including phenoxy) is 1. The molecule has 0 saturated heterocycles. The lowest BCUT2D eigenvalue weighted by Gasteiger charge is -2.26. The van der Waals surface area contributed by atoms with Gasteiger partial charge in [-0.25, -0.2) is 4.79 Å². The van der Waals surface area contributed by atoms with E-state index in [-0.39, 0.29) is 25.7 Å². The summed E-state index contributed by atoms with van der Waals surface area (Å²) >= 11 is 0. The number of amides is 4. The number of carboxylic acids is 1. The number of carbonyl (C=O) groups is 5. The zero-order valence-electron chi connectivity index (χ0n) is 32.2. The van der Waals surface area contributed by atoms with Gasteiger partial charge in [-0.05, 0) is 70.3 Å². The second-order valence-electron chi connectivity index (χ2n) is 14.7. The Hall–Kier alpha value is -7.21. The van der Waals surface area contributed by atoms with Gasteiger partial charge in [-0.2, -0.15) is 0 Å². The molecule has 0 unspecified atom stereocenters. The van der Waals surface area contributed by atoms with Crippen LogP contribution in [0.25, 0.3) is 22.0 Å². The molecule has 2 aliphatic rings. The van der Waals surface area contributed by atoms with Crippen LogP contribution in [0, 0.1) is 0 Å². The monoisotopic (exact) mass is 791 g/mol. The Labute approximate surface area is 341 Å². The van der Waals surface area contributed by atoms with E-state index in [1.807, 2.05) is 115 Å². The molecule has 8 rings (SSSR count). The number of aliphatic carboxylic acids is 1. The smallest absolute Gasteiger partial charge is 0.326 e. The molecule has 300 valence electrons. The fraction of sp³-hybridized carbons (Fsp3) is 0.213. The highest BCUT2D eigenvalue weighted by Crippen LogP contribution is 2.21. The third-order valence-corrected chi connectivity index (χ3v) is 10.3. The SMILES string of the molecule is O=C1COc2ccc(cc2)C[C@@H](C(=O)O)NC(=O)[C@H](CCc2ccccc2)NC(=O)[C@@H](Cc2ccc(-c3ccccc3)cc2)NC(=O)[C@H](Cc2cc3ccccc3[nH]2)N1. The summed E-state index contributed by atoms with van der Waals surface area (Å²) in [5.74, 6) is -3.43. The first-order valence-corrected chi connectivity index (χ1v) is 19.6. The number of nitrogens with one attached hydrogen (secondary N) is 5. The number of carbonyl (C=O) groups excluding carboxylic acids is 4. The number of aromatic nitrogens is 1. The molecule has 4 amide bonds. The van der Waals surface area contributed by atoms with Crippen LogP contribution in [0.15, 0.2) is 140 Å². The number of H-pyrrole nitrogens is 1. The van der Waals surface area contributed by atoms with Crippen molar-refractivity contribution in [3.63, 3.8) is 0 Å². The molecular weight excluding hydrogens is 747 g/mol. The van der Waals surface area contributed by atoms with Gasteiger partial charge in [0.2, 0.25) is 17.7 Å². The van der Waals surface area contributed by atoms with Gasteiger partial charge in [0.05, 0.1) is 0 Å². The van der Waals surface area contributed by atoms with Gasteiger partial charge >= 0.3 is 5.97 Å². The predicted octanol–water partition coefficient (Wildman–Crippen LogP) is 4.91. The maximum Gasteiger partial charge on any atom is 0.326 e. The predicted molar refractivity (Wildman–Crippen MR) is 223 cm³/mol. The normalized spacial score (nSPS) is 19.3. The molecule has 0 aliphatic carbocycles. The van der Waals surface area contributed by atoms with E-state index in [2.05, 4.69) is 26.3 Å². The highest BCUT2D eigenvalue weighted by molar-refractivity contribution is 5.95. The van der Waals surface area contributed by atoms with Gasteiger partial charge in [0.15, 0.2) is 6.61 Å². The van der Waals surface area contributed by atoms with Crippen molar-refractivity contribution in [3.8, 4) is 16.9 Å². The Morgan fingerprint density at radius 3 is 1.92 bits per heavy atom. The number of hydrogen-bond donors (Lipinski definition) is 6. The third-order valence-electron chi connectivity index (χ3n) is 10.3. The fourth-order valence-electron chi connectivity index (χ4n) is 7.17. The Morgan fingerprint density at radius 2 is 1.22 bits per heavy atom. The molecule has 0 fully saturated rings. The first kappa shape index (κ1) is 40.0. The van der Waals surface area contributed by atoms with Gasteiger partial charge in [0.25, 0.3) is 5.91 Å². The van der Waals surface area contributed by atoms with Crippen molar-refractivity contribution in [1.29, 1.82) is 0 Å². The zero-order chi connectivity index (χ0) is 41.1. The van der Waals surface area contributed by atoms with Crippen LogP contribution >= 0.6 is 0 Å². The van der Waals surface area contributed by atoms with E-state index in [1.165, 1.54) is 0 Å². The van der Waals surface area contributed by atoms with Gasteiger partial charge in [0.1, 0.15) is 29.9 Å². The number of para-hydroxylation sites is 1. The Balaban J connectivity index is 1.22. The standard InChI is InChI=1S/C47H45N5O7/c53-43-29-59-37-22-17-32(18-23-37)26-42(47(57)58)52-44(54)39(24-19-30-9-3-1-4-10-30)50-45(55)40(25-31-15-20-34(21-16-31)33-11-5-2-6-12-33)51-46(56)41(49-43)28-36-27-35-13-7-8-14-38(35)48-36/h1-18,20-23,27,39-42,48H,19,24-26,28-29H2,(H,49,53)(H,50,55)(H,51,56)(H,52,54)(H,57,58)/t39-,40+,41-,42-/m0/s1. The van der Waals surface area contributed by atoms with Gasteiger partial charge in [-0.1, -0.05) is 115 Å². The maximum atomic E-state index is 14.5. The maximum absolute atomic E-state index is 14.5. The summed E-state index contributed by atoms with van der Waals surface area (Å²) in [5, 5.41) is 22.3. The van der Waals surface area contributed by atoms with Gasteiger partial charge in [0, 0.05) is 30.5 Å². The summed E-state index contributed by atoms with van der Waals surface area (Å²) in [5.41, 5.74) is 5.77. The van der Waals surface area contributed by atoms with Crippen LogP contribution in [0.3, 0.4) is 0 Å². The van der Waals surface area contributed by atoms with Crippen molar-refractivity contribution in [2.24, 2.45) is 0 Å². The first-order chi connectivity index (χ1) is 28.7. The number of aryl methyl sites for hydroxylation is 1. The Morgan fingerprint density at radius 1 is 0.610 bits per heavy atom. The number of aromatic amines is 1. The van der Waals surface area contributed by atoms with Crippen molar-refractivity contribution in [2.45, 2.75) is 56.3 Å². The number of rotatable bonds is 9. The highest BCUT2D eigenvalue weighted by atomic mass is 16.5. The molecule has 4 atom stereocenters. The van der Waals surface area contributed by atoms with E-state index in [0.29, 0.717) is 23.4 Å². The minimum Gasteiger partial charge on any atom is -0.484 e. The van der Waals surface area contributed by atoms with Crippen LogP contribution in [-0.2, 0) is 49.7 Å². The molecule has 12 nitrogen and oxygen atoms in total. The number of fused-ring (bicyclic) bond motifs is 17. The van der Waals surface area contributed by atoms with Crippen LogP contribution < -0.4 is 26.0 Å². The summed E-state index contributed by atoms with van der Waals surface area (Å²) in [6, 6.07) is 38.1. The van der Waals surface area contributed by atoms with E-state index in [4.69, 9.17) is 4.74 Å². The van der Waals surface area contributed by atoms with E-state index >= 15 is 0 Å². The van der Waals surface area contributed by atoms with E-state index < -0.39 is 60.4 Å². The van der Waals surface area contributed by atoms with E-state index in [1.54, 1.807) is 24.3 Å². The summed E-state index contributed by atoms with van der Waals surface area (Å²) in [7, 11) is 0. The number of hydrogen-bond acceptors (Lipinski definition) is 6. The molecule has 2 aliphatic heterocycles. The van der Waals surface area contributed by atoms with Crippen molar-refractivity contribution >= 4 is 40.5 Å². The Kier molecular flexibility index (Phi) is 12.8. The minimum absolute atomic E-state index is 0.0432. The summed E-state index contributed by atoms with van der Waals surface area (Å²) in [6.45, 7) is -0.412. The van der Waals surface area contributed by atoms with Crippen molar-refractivity contribution < 1.29 is 33.8 Å². The van der Waals surface area contributed by atoms with Crippen molar-refractivity contribution in [2.75, 3.05) is 6.61 Å². The molecule has 3 heterocycles. The van der Waals surface area contributed by atoms with Crippen LogP contribution in [0.1, 0.15) is 28.8 Å². The van der Waals surface area contributed by atoms with Crippen LogP contribution in [-0.4, -0.2) is 70.5 Å². The average molecular weight is 792 g/mol. The lowest BCUT2D eigenvalue weighted by Crippen LogP contribution is -2.59. The lowest BCUT2D eigenvalue weighted by molar-refractivity contribution is -0.142. The van der Waals surface area contributed by atoms with Gasteiger partial charge < -0.3 is 36.1 Å². The first-order valence-electron chi connectivity index (χ1n) is 19.6. The minimum atomic E-state index is -1.32. The number of carboxylic acid groups (broad SMARTS) is 1. The summed E-state index contributed by atoms with van der Waals surface area (Å²) in [4.78, 5) is 72.0. The highest BCUT2D eigenvalue weighted by Gasteiger charge is 2.32. The molecule has 5 aromatic carbocycles. The quantitative estimate of drug-likeness (QED) is 0.113. The molecule has 6 N–H and O–H groups in total. The molecular formula is C47H45N5O7. The molecule has 12 heteroatoms. The molecule has 2 bridgehead atoms. The molecule has 0 spiro atoms. The Bertz CT molecular complexity index is 2370. The topological polar surface area (TPSA) is 179 Å². The number of benzene rings is 5. The molecule has 0 radical (unpaired) electrons. The second-order valence-corrected chi connectivity index (χ2v) is 14.7. The largest absolute Gasteiger partial charge is 0.484 e. The second kappa shape index (κ2) is 18.8.